The Kier molecular flexibility index (Phi) is 4.01. The fraction of sp³-hybridized carbons (Fsp3) is 0.429. The molecule has 20 heavy (non-hydrogen) atoms. The van der Waals surface area contributed by atoms with E-state index in [2.05, 4.69) is 5.32 Å². The third-order valence-corrected chi connectivity index (χ3v) is 3.34. The molecule has 1 aliphatic heterocycles. The van der Waals surface area contributed by atoms with E-state index < -0.39 is 17.6 Å². The Hall–Kier alpha value is -1.98. The van der Waals surface area contributed by atoms with Crippen LogP contribution in [0, 0.1) is 17.6 Å². The maximum atomic E-state index is 13.0. The Morgan fingerprint density at radius 2 is 2.05 bits per heavy atom. The van der Waals surface area contributed by atoms with Crippen LogP contribution in [0.15, 0.2) is 18.2 Å². The third kappa shape index (κ3) is 2.95. The van der Waals surface area contributed by atoms with E-state index in [0.717, 1.165) is 12.1 Å². The van der Waals surface area contributed by atoms with E-state index in [4.69, 9.17) is 0 Å². The molecular weight excluding hydrogens is 266 g/mol. The van der Waals surface area contributed by atoms with Crippen molar-refractivity contribution in [1.82, 2.24) is 4.90 Å². The molecule has 1 unspecified atom stereocenters. The second-order valence-electron chi connectivity index (χ2n) is 5.16. The fourth-order valence-electron chi connectivity index (χ4n) is 2.22. The van der Waals surface area contributed by atoms with Crippen LogP contribution in [0.5, 0.6) is 0 Å². The highest BCUT2D eigenvalue weighted by Gasteiger charge is 2.35. The predicted octanol–water partition coefficient (Wildman–Crippen LogP) is 2.16. The number of carbonyl (C=O) groups excluding carboxylic acids is 2. The van der Waals surface area contributed by atoms with Crippen LogP contribution in [0.4, 0.5) is 14.5 Å². The molecule has 0 bridgehead atoms. The lowest BCUT2D eigenvalue weighted by Gasteiger charge is -2.20. The first-order chi connectivity index (χ1) is 9.38. The van der Waals surface area contributed by atoms with Crippen LogP contribution in [0.1, 0.15) is 20.3 Å². The molecule has 1 aromatic rings. The molecule has 2 amide bonds. The largest absolute Gasteiger partial charge is 0.339 e. The summed E-state index contributed by atoms with van der Waals surface area (Å²) in [5.74, 6) is -2.87. The number of likely N-dealkylation sites (tertiary alicyclic amines) is 1. The summed E-state index contributed by atoms with van der Waals surface area (Å²) < 4.78 is 25.8. The lowest BCUT2D eigenvalue weighted by atomic mass is 10.1. The number of benzene rings is 1. The Bertz CT molecular complexity index is 546. The molecule has 1 heterocycles. The molecule has 1 N–H and O–H groups in total. The first kappa shape index (κ1) is 14.4. The van der Waals surface area contributed by atoms with Gasteiger partial charge in [0.2, 0.25) is 11.8 Å². The molecule has 0 aliphatic carbocycles. The molecule has 1 fully saturated rings. The number of carbonyl (C=O) groups is 2. The van der Waals surface area contributed by atoms with Gasteiger partial charge in [-0.15, -0.1) is 0 Å². The highest BCUT2D eigenvalue weighted by atomic mass is 19.2. The SMILES string of the molecule is CC(C)N1CC(C(=O)Nc2ccc(F)c(F)c2)CC1=O. The van der Waals surface area contributed by atoms with Crippen molar-refractivity contribution < 1.29 is 18.4 Å². The molecule has 1 saturated heterocycles. The Balaban J connectivity index is 2.02. The molecule has 6 heteroatoms. The van der Waals surface area contributed by atoms with E-state index in [-0.39, 0.29) is 30.0 Å². The summed E-state index contributed by atoms with van der Waals surface area (Å²) in [6.45, 7) is 4.12. The van der Waals surface area contributed by atoms with Crippen LogP contribution in [-0.4, -0.2) is 29.3 Å². The fourth-order valence-corrected chi connectivity index (χ4v) is 2.22. The van der Waals surface area contributed by atoms with E-state index in [1.807, 2.05) is 13.8 Å². The van der Waals surface area contributed by atoms with Gasteiger partial charge in [0.05, 0.1) is 5.92 Å². The minimum Gasteiger partial charge on any atom is -0.339 e. The number of rotatable bonds is 3. The molecule has 4 nitrogen and oxygen atoms in total. The predicted molar refractivity (Wildman–Crippen MR) is 69.9 cm³/mol. The average molecular weight is 282 g/mol. The zero-order valence-electron chi connectivity index (χ0n) is 11.3. The zero-order chi connectivity index (χ0) is 14.9. The Morgan fingerprint density at radius 3 is 2.60 bits per heavy atom. The Morgan fingerprint density at radius 1 is 1.35 bits per heavy atom. The van der Waals surface area contributed by atoms with Crippen molar-refractivity contribution in [2.75, 3.05) is 11.9 Å². The minimum absolute atomic E-state index is 0.0450. The normalized spacial score (nSPS) is 18.8. The lowest BCUT2D eigenvalue weighted by molar-refractivity contribution is -0.129. The molecule has 2 rings (SSSR count). The lowest BCUT2D eigenvalue weighted by Crippen LogP contribution is -2.33. The van der Waals surface area contributed by atoms with Crippen molar-refractivity contribution in [2.45, 2.75) is 26.3 Å². The van der Waals surface area contributed by atoms with Gasteiger partial charge >= 0.3 is 0 Å². The van der Waals surface area contributed by atoms with Crippen molar-refractivity contribution >= 4 is 17.5 Å². The summed E-state index contributed by atoms with van der Waals surface area (Å²) in [7, 11) is 0. The van der Waals surface area contributed by atoms with Gasteiger partial charge in [0.1, 0.15) is 0 Å². The monoisotopic (exact) mass is 282 g/mol. The van der Waals surface area contributed by atoms with Crippen molar-refractivity contribution in [3.05, 3.63) is 29.8 Å². The van der Waals surface area contributed by atoms with Gasteiger partial charge in [0.15, 0.2) is 11.6 Å². The molecule has 1 atom stereocenters. The van der Waals surface area contributed by atoms with Crippen LogP contribution in [0.2, 0.25) is 0 Å². The average Bonchev–Trinajstić information content (AvgIpc) is 2.76. The van der Waals surface area contributed by atoms with Gasteiger partial charge in [-0.3, -0.25) is 9.59 Å². The molecule has 0 saturated carbocycles. The van der Waals surface area contributed by atoms with Crippen LogP contribution >= 0.6 is 0 Å². The van der Waals surface area contributed by atoms with Gasteiger partial charge in [-0.25, -0.2) is 8.78 Å². The van der Waals surface area contributed by atoms with E-state index in [9.17, 15) is 18.4 Å². The summed E-state index contributed by atoms with van der Waals surface area (Å²) in [4.78, 5) is 25.4. The van der Waals surface area contributed by atoms with E-state index in [1.165, 1.54) is 6.07 Å². The standard InChI is InChI=1S/C14H16F2N2O2/c1-8(2)18-7-9(5-13(18)19)14(20)17-10-3-4-11(15)12(16)6-10/h3-4,6,8-9H,5,7H2,1-2H3,(H,17,20). The maximum Gasteiger partial charge on any atom is 0.229 e. The third-order valence-electron chi connectivity index (χ3n) is 3.34. The van der Waals surface area contributed by atoms with Crippen LogP contribution in [-0.2, 0) is 9.59 Å². The molecule has 1 aromatic carbocycles. The van der Waals surface area contributed by atoms with Crippen molar-refractivity contribution in [1.29, 1.82) is 0 Å². The summed E-state index contributed by atoms with van der Waals surface area (Å²) >= 11 is 0. The number of amides is 2. The molecule has 0 radical (unpaired) electrons. The van der Waals surface area contributed by atoms with Gasteiger partial charge in [0, 0.05) is 30.8 Å². The summed E-state index contributed by atoms with van der Waals surface area (Å²) in [6.07, 6.45) is 0.147. The van der Waals surface area contributed by atoms with Crippen LogP contribution in [0.3, 0.4) is 0 Å². The quantitative estimate of drug-likeness (QED) is 0.923. The zero-order valence-corrected chi connectivity index (χ0v) is 11.3. The summed E-state index contributed by atoms with van der Waals surface area (Å²) in [6, 6.07) is 3.20. The molecule has 0 spiro atoms. The first-order valence-electron chi connectivity index (χ1n) is 6.44. The number of anilines is 1. The molecule has 108 valence electrons. The number of nitrogens with zero attached hydrogens (tertiary/aromatic N) is 1. The van der Waals surface area contributed by atoms with Crippen molar-refractivity contribution in [3.8, 4) is 0 Å². The van der Waals surface area contributed by atoms with Crippen molar-refractivity contribution in [3.63, 3.8) is 0 Å². The van der Waals surface area contributed by atoms with Gasteiger partial charge in [-0.1, -0.05) is 0 Å². The summed E-state index contributed by atoms with van der Waals surface area (Å²) in [5, 5.41) is 2.51. The van der Waals surface area contributed by atoms with Crippen LogP contribution in [0.25, 0.3) is 0 Å². The second-order valence-corrected chi connectivity index (χ2v) is 5.16. The number of hydrogen-bond acceptors (Lipinski definition) is 2. The van der Waals surface area contributed by atoms with Crippen molar-refractivity contribution in [2.24, 2.45) is 5.92 Å². The summed E-state index contributed by atoms with van der Waals surface area (Å²) in [5.41, 5.74) is 0.185. The number of hydrogen-bond donors (Lipinski definition) is 1. The number of halogens is 2. The van der Waals surface area contributed by atoms with Gasteiger partial charge in [0.25, 0.3) is 0 Å². The van der Waals surface area contributed by atoms with Gasteiger partial charge in [-0.2, -0.15) is 0 Å². The smallest absolute Gasteiger partial charge is 0.229 e. The Labute approximate surface area is 115 Å². The molecule has 1 aliphatic rings. The highest BCUT2D eigenvalue weighted by molar-refractivity contribution is 5.97. The van der Waals surface area contributed by atoms with E-state index in [0.29, 0.717) is 6.54 Å². The first-order valence-corrected chi connectivity index (χ1v) is 6.44. The topological polar surface area (TPSA) is 49.4 Å². The van der Waals surface area contributed by atoms with Gasteiger partial charge in [-0.05, 0) is 26.0 Å². The molecule has 0 aromatic heterocycles. The van der Waals surface area contributed by atoms with Crippen LogP contribution < -0.4 is 5.32 Å². The van der Waals surface area contributed by atoms with Gasteiger partial charge < -0.3 is 10.2 Å². The van der Waals surface area contributed by atoms with E-state index in [1.54, 1.807) is 4.90 Å². The van der Waals surface area contributed by atoms with E-state index >= 15 is 0 Å². The molecular formula is C14H16F2N2O2. The highest BCUT2D eigenvalue weighted by Crippen LogP contribution is 2.22. The minimum atomic E-state index is -1.02. The maximum absolute atomic E-state index is 13.0. The second kappa shape index (κ2) is 5.56. The number of nitrogens with one attached hydrogen (secondary N) is 1.